The maximum Gasteiger partial charge on any atom is 0.204 e. The van der Waals surface area contributed by atoms with Crippen LogP contribution in [0.4, 0.5) is 8.78 Å². The Morgan fingerprint density at radius 1 is 1.29 bits per heavy atom. The molecule has 1 aromatic carbocycles. The number of thiazole rings is 1. The van der Waals surface area contributed by atoms with Gasteiger partial charge in [0.05, 0.1) is 5.56 Å². The fraction of sp³-hybridized carbons (Fsp3) is 0.412. The highest BCUT2D eigenvalue weighted by Crippen LogP contribution is 2.14. The van der Waals surface area contributed by atoms with Crippen molar-refractivity contribution in [3.8, 4) is 0 Å². The third kappa shape index (κ3) is 4.08. The van der Waals surface area contributed by atoms with Gasteiger partial charge >= 0.3 is 0 Å². The molecule has 0 aliphatic heterocycles. The fourth-order valence-corrected chi connectivity index (χ4v) is 3.24. The van der Waals surface area contributed by atoms with Gasteiger partial charge in [0.1, 0.15) is 18.7 Å². The molecule has 0 radical (unpaired) electrons. The molecule has 0 aliphatic carbocycles. The topological polar surface area (TPSA) is 38.9 Å². The Hall–Kier alpha value is -2.02. The van der Waals surface area contributed by atoms with Crippen LogP contribution in [0.5, 0.6) is 0 Å². The van der Waals surface area contributed by atoms with Crippen molar-refractivity contribution >= 4 is 17.2 Å². The minimum absolute atomic E-state index is 0.0148. The molecule has 0 unspecified atom stereocenters. The number of aromatic nitrogens is 1. The third-order valence-electron chi connectivity index (χ3n) is 3.67. The van der Waals surface area contributed by atoms with Crippen LogP contribution >= 0.6 is 11.3 Å². The maximum atomic E-state index is 14.1. The van der Waals surface area contributed by atoms with Crippen LogP contribution in [-0.2, 0) is 11.4 Å². The zero-order valence-electron chi connectivity index (χ0n) is 14.3. The van der Waals surface area contributed by atoms with Crippen molar-refractivity contribution in [3.63, 3.8) is 0 Å². The summed E-state index contributed by atoms with van der Waals surface area (Å²) in [6.45, 7) is 6.97. The molecule has 2 aromatic rings. The first kappa shape index (κ1) is 18.3. The number of halogens is 2. The highest BCUT2D eigenvalue weighted by molar-refractivity contribution is 7.09. The van der Waals surface area contributed by atoms with Crippen LogP contribution in [0.3, 0.4) is 0 Å². The van der Waals surface area contributed by atoms with Gasteiger partial charge in [-0.2, -0.15) is 4.99 Å². The number of benzene rings is 1. The maximum absolute atomic E-state index is 14.1. The van der Waals surface area contributed by atoms with Crippen LogP contribution in [0.2, 0.25) is 0 Å². The molecule has 130 valence electrons. The standard InChI is InChI=1S/C17H21F2N3OS/c1-5-6-9-22-11(2)12(3)24-17(22)20-16(21-23-4)14-10-13(18)7-8-15(14)19/h7-8,10H,5-6,9H2,1-4H3/b20-17?,21-16-. The van der Waals surface area contributed by atoms with Gasteiger partial charge in [0, 0.05) is 17.1 Å². The second kappa shape index (κ2) is 8.19. The van der Waals surface area contributed by atoms with Crippen LogP contribution in [0, 0.1) is 25.5 Å². The molecule has 0 atom stereocenters. The van der Waals surface area contributed by atoms with Crippen LogP contribution in [-0.4, -0.2) is 17.5 Å². The molecular weight excluding hydrogens is 332 g/mol. The average molecular weight is 353 g/mol. The first-order valence-electron chi connectivity index (χ1n) is 7.76. The van der Waals surface area contributed by atoms with Gasteiger partial charge in [-0.3, -0.25) is 0 Å². The van der Waals surface area contributed by atoms with Crippen molar-refractivity contribution in [2.75, 3.05) is 7.11 Å². The number of aryl methyl sites for hydroxylation is 1. The van der Waals surface area contributed by atoms with E-state index < -0.39 is 11.6 Å². The Labute approximate surface area is 144 Å². The van der Waals surface area contributed by atoms with E-state index in [-0.39, 0.29) is 11.4 Å². The number of hydrogen-bond acceptors (Lipinski definition) is 3. The van der Waals surface area contributed by atoms with Crippen molar-refractivity contribution in [2.24, 2.45) is 10.1 Å². The van der Waals surface area contributed by atoms with Gasteiger partial charge < -0.3 is 9.40 Å². The fourth-order valence-electron chi connectivity index (χ4n) is 2.24. The quantitative estimate of drug-likeness (QED) is 0.452. The molecule has 0 N–H and O–H groups in total. The summed E-state index contributed by atoms with van der Waals surface area (Å²) < 4.78 is 29.6. The molecule has 0 bridgehead atoms. The lowest BCUT2D eigenvalue weighted by Crippen LogP contribution is -2.19. The summed E-state index contributed by atoms with van der Waals surface area (Å²) in [6.07, 6.45) is 2.06. The number of nitrogens with zero attached hydrogens (tertiary/aromatic N) is 3. The van der Waals surface area contributed by atoms with E-state index in [4.69, 9.17) is 4.84 Å². The summed E-state index contributed by atoms with van der Waals surface area (Å²) >= 11 is 1.49. The van der Waals surface area contributed by atoms with E-state index in [1.165, 1.54) is 18.4 Å². The predicted octanol–water partition coefficient (Wildman–Crippen LogP) is 4.15. The van der Waals surface area contributed by atoms with E-state index >= 15 is 0 Å². The molecule has 7 heteroatoms. The molecule has 0 spiro atoms. The highest BCUT2D eigenvalue weighted by Gasteiger charge is 2.13. The molecule has 2 rings (SSSR count). The van der Waals surface area contributed by atoms with Gasteiger partial charge in [0.25, 0.3) is 0 Å². The lowest BCUT2D eigenvalue weighted by atomic mass is 10.2. The van der Waals surface area contributed by atoms with Crippen molar-refractivity contribution in [2.45, 2.75) is 40.2 Å². The summed E-state index contributed by atoms with van der Waals surface area (Å²) in [7, 11) is 1.35. The van der Waals surface area contributed by atoms with Gasteiger partial charge in [-0.25, -0.2) is 8.78 Å². The number of unbranched alkanes of at least 4 members (excludes halogenated alkanes) is 1. The lowest BCUT2D eigenvalue weighted by Gasteiger charge is -2.06. The van der Waals surface area contributed by atoms with Crippen molar-refractivity contribution in [1.82, 2.24) is 4.57 Å². The van der Waals surface area contributed by atoms with Crippen molar-refractivity contribution in [1.29, 1.82) is 0 Å². The van der Waals surface area contributed by atoms with Crippen LogP contribution in [0.15, 0.2) is 28.3 Å². The van der Waals surface area contributed by atoms with Crippen LogP contribution in [0.1, 0.15) is 35.9 Å². The molecular formula is C17H21F2N3OS. The summed E-state index contributed by atoms with van der Waals surface area (Å²) in [6, 6.07) is 3.19. The minimum Gasteiger partial charge on any atom is -0.397 e. The van der Waals surface area contributed by atoms with Gasteiger partial charge in [-0.1, -0.05) is 18.5 Å². The molecule has 0 saturated carbocycles. The monoisotopic (exact) mass is 353 g/mol. The highest BCUT2D eigenvalue weighted by atomic mass is 32.1. The largest absolute Gasteiger partial charge is 0.397 e. The van der Waals surface area contributed by atoms with Crippen molar-refractivity contribution in [3.05, 3.63) is 50.8 Å². The third-order valence-corrected chi connectivity index (χ3v) is 4.77. The van der Waals surface area contributed by atoms with Crippen LogP contribution in [0.25, 0.3) is 0 Å². The average Bonchev–Trinajstić information content (AvgIpc) is 2.81. The summed E-state index contributed by atoms with van der Waals surface area (Å²) in [5.74, 6) is -1.13. The lowest BCUT2D eigenvalue weighted by molar-refractivity contribution is 0.213. The minimum atomic E-state index is -0.596. The Balaban J connectivity index is 2.59. The molecule has 0 fully saturated rings. The summed E-state index contributed by atoms with van der Waals surface area (Å²) in [5, 5.41) is 3.79. The molecule has 0 amide bonds. The van der Waals surface area contributed by atoms with Crippen molar-refractivity contribution < 1.29 is 13.6 Å². The zero-order valence-corrected chi connectivity index (χ0v) is 15.1. The Morgan fingerprint density at radius 3 is 2.71 bits per heavy atom. The van der Waals surface area contributed by atoms with Gasteiger partial charge in [-0.15, -0.1) is 11.3 Å². The van der Waals surface area contributed by atoms with Crippen LogP contribution < -0.4 is 4.80 Å². The molecule has 0 saturated heterocycles. The summed E-state index contributed by atoms with van der Waals surface area (Å²) in [5.41, 5.74) is 1.09. The molecule has 24 heavy (non-hydrogen) atoms. The Morgan fingerprint density at radius 2 is 2.04 bits per heavy atom. The van der Waals surface area contributed by atoms with Gasteiger partial charge in [0.15, 0.2) is 4.80 Å². The number of hydrogen-bond donors (Lipinski definition) is 0. The van der Waals surface area contributed by atoms with Gasteiger partial charge in [-0.05, 0) is 38.5 Å². The number of rotatable bonds is 5. The van der Waals surface area contributed by atoms with E-state index in [1.54, 1.807) is 0 Å². The molecule has 1 aromatic heterocycles. The predicted molar refractivity (Wildman–Crippen MR) is 92.2 cm³/mol. The first-order chi connectivity index (χ1) is 11.5. The smallest absolute Gasteiger partial charge is 0.204 e. The van der Waals surface area contributed by atoms with Gasteiger partial charge in [0.2, 0.25) is 5.84 Å². The first-order valence-corrected chi connectivity index (χ1v) is 8.57. The summed E-state index contributed by atoms with van der Waals surface area (Å²) in [4.78, 5) is 11.1. The second-order valence-electron chi connectivity index (χ2n) is 5.36. The Bertz CT molecular complexity index is 809. The molecule has 1 heterocycles. The SMILES string of the molecule is CCCCn1c(C)c(C)sc1=N/C(=N\OC)c1cc(F)ccc1F. The molecule has 4 nitrogen and oxygen atoms in total. The molecule has 0 aliphatic rings. The van der Waals surface area contributed by atoms with E-state index in [2.05, 4.69) is 21.6 Å². The zero-order chi connectivity index (χ0) is 17.7. The van der Waals surface area contributed by atoms with E-state index in [1.807, 2.05) is 13.8 Å². The normalized spacial score (nSPS) is 12.8. The van der Waals surface area contributed by atoms with E-state index in [0.29, 0.717) is 4.80 Å². The Kier molecular flexibility index (Phi) is 6.25. The van der Waals surface area contributed by atoms with E-state index in [0.717, 1.165) is 48.2 Å². The number of oxime groups is 1. The number of amidine groups is 1. The van der Waals surface area contributed by atoms with E-state index in [9.17, 15) is 8.78 Å². The second-order valence-corrected chi connectivity index (χ2v) is 6.55.